The Morgan fingerprint density at radius 1 is 0.704 bits per heavy atom. The molecule has 3 rings (SSSR count). The van der Waals surface area contributed by atoms with E-state index in [9.17, 15) is 9.59 Å². The van der Waals surface area contributed by atoms with E-state index >= 15 is 0 Å². The molecule has 0 radical (unpaired) electrons. The van der Waals surface area contributed by atoms with Gasteiger partial charge in [0.1, 0.15) is 0 Å². The van der Waals surface area contributed by atoms with Crippen molar-refractivity contribution in [3.05, 3.63) is 120 Å². The number of hydrogen-bond acceptors (Lipinski definition) is 2. The van der Waals surface area contributed by atoms with Gasteiger partial charge < -0.3 is 0 Å². The lowest BCUT2D eigenvalue weighted by atomic mass is 9.76. The van der Waals surface area contributed by atoms with Gasteiger partial charge in [0, 0.05) is 28.5 Å². The van der Waals surface area contributed by atoms with Gasteiger partial charge in [0.2, 0.25) is 0 Å². The molecule has 2 heteroatoms. The van der Waals surface area contributed by atoms with Gasteiger partial charge in [-0.05, 0) is 5.56 Å². The van der Waals surface area contributed by atoms with Crippen LogP contribution in [0.2, 0.25) is 0 Å². The molecule has 0 N–H and O–H groups in total. The minimum Gasteiger partial charge on any atom is -0.294 e. The third kappa shape index (κ3) is 4.12. The van der Waals surface area contributed by atoms with Crippen LogP contribution in [0.15, 0.2) is 103 Å². The maximum atomic E-state index is 13.1. The first-order chi connectivity index (χ1) is 13.1. The van der Waals surface area contributed by atoms with Gasteiger partial charge in [0.15, 0.2) is 11.6 Å². The zero-order valence-electron chi connectivity index (χ0n) is 15.3. The van der Waals surface area contributed by atoms with Crippen molar-refractivity contribution in [3.63, 3.8) is 0 Å². The Labute approximate surface area is 160 Å². The number of rotatable bonds is 7. The third-order valence-corrected chi connectivity index (χ3v) is 4.83. The largest absolute Gasteiger partial charge is 0.294 e. The number of benzene rings is 3. The van der Waals surface area contributed by atoms with Crippen LogP contribution in [0.1, 0.15) is 39.1 Å². The second-order valence-corrected chi connectivity index (χ2v) is 6.63. The molecular weight excluding hydrogens is 332 g/mol. The molecule has 2 atom stereocenters. The van der Waals surface area contributed by atoms with Crippen LogP contribution in [-0.4, -0.2) is 11.6 Å². The molecule has 3 aromatic rings. The second-order valence-electron chi connectivity index (χ2n) is 6.63. The van der Waals surface area contributed by atoms with Gasteiger partial charge >= 0.3 is 0 Å². The van der Waals surface area contributed by atoms with Crippen LogP contribution in [0.4, 0.5) is 0 Å². The average Bonchev–Trinajstić information content (AvgIpc) is 2.74. The lowest BCUT2D eigenvalue weighted by molar-refractivity contribution is 0.0913. The zero-order chi connectivity index (χ0) is 19.2. The number of carbonyl (C=O) groups is 2. The summed E-state index contributed by atoms with van der Waals surface area (Å²) in [5, 5.41) is 0. The standard InChI is InChI=1S/C25H22O2/c1-18(24(26)21-14-8-4-9-15-21)23(20-12-6-3-7-13-20)19(2)25(27)22-16-10-5-11-17-22/h3-17,19,23H,1H2,2H3/t19-,23-/m1/s1. The predicted octanol–water partition coefficient (Wildman–Crippen LogP) is 5.73. The Hall–Kier alpha value is -3.26. The third-order valence-electron chi connectivity index (χ3n) is 4.83. The van der Waals surface area contributed by atoms with E-state index in [0.29, 0.717) is 16.7 Å². The van der Waals surface area contributed by atoms with E-state index in [2.05, 4.69) is 6.58 Å². The smallest absolute Gasteiger partial charge is 0.189 e. The summed E-state index contributed by atoms with van der Waals surface area (Å²) in [5.41, 5.74) is 2.58. The van der Waals surface area contributed by atoms with Crippen LogP contribution >= 0.6 is 0 Å². The van der Waals surface area contributed by atoms with Gasteiger partial charge in [-0.1, -0.05) is 104 Å². The Morgan fingerprint density at radius 2 is 1.15 bits per heavy atom. The van der Waals surface area contributed by atoms with Gasteiger partial charge in [-0.25, -0.2) is 0 Å². The van der Waals surface area contributed by atoms with Crippen molar-refractivity contribution in [2.24, 2.45) is 5.92 Å². The molecule has 2 nitrogen and oxygen atoms in total. The highest BCUT2D eigenvalue weighted by Gasteiger charge is 2.31. The molecule has 0 aromatic heterocycles. The highest BCUT2D eigenvalue weighted by atomic mass is 16.1. The first kappa shape index (κ1) is 18.5. The molecule has 3 aromatic carbocycles. The van der Waals surface area contributed by atoms with Crippen molar-refractivity contribution in [2.75, 3.05) is 0 Å². The molecule has 0 fully saturated rings. The Bertz CT molecular complexity index is 928. The van der Waals surface area contributed by atoms with Crippen molar-refractivity contribution in [1.82, 2.24) is 0 Å². The molecule has 134 valence electrons. The Kier molecular flexibility index (Phi) is 5.77. The topological polar surface area (TPSA) is 34.1 Å². The minimum absolute atomic E-state index is 0.00599. The van der Waals surface area contributed by atoms with Crippen LogP contribution in [-0.2, 0) is 0 Å². The lowest BCUT2D eigenvalue weighted by Gasteiger charge is -2.25. The summed E-state index contributed by atoms with van der Waals surface area (Å²) in [6.07, 6.45) is 0. The molecule has 0 bridgehead atoms. The normalized spacial score (nSPS) is 12.8. The summed E-state index contributed by atoms with van der Waals surface area (Å²) in [5.74, 6) is -0.912. The quantitative estimate of drug-likeness (QED) is 0.401. The minimum atomic E-state index is -0.407. The van der Waals surface area contributed by atoms with Gasteiger partial charge in [0.25, 0.3) is 0 Å². The summed E-state index contributed by atoms with van der Waals surface area (Å²) >= 11 is 0. The lowest BCUT2D eigenvalue weighted by Crippen LogP contribution is -2.24. The monoisotopic (exact) mass is 354 g/mol. The fourth-order valence-corrected chi connectivity index (χ4v) is 3.38. The number of ketones is 2. The van der Waals surface area contributed by atoms with Gasteiger partial charge in [-0.2, -0.15) is 0 Å². The summed E-state index contributed by atoms with van der Waals surface area (Å²) in [4.78, 5) is 26.1. The van der Waals surface area contributed by atoms with Crippen molar-refractivity contribution in [3.8, 4) is 0 Å². The van der Waals surface area contributed by atoms with E-state index in [0.717, 1.165) is 5.56 Å². The van der Waals surface area contributed by atoms with Crippen molar-refractivity contribution >= 4 is 11.6 Å². The van der Waals surface area contributed by atoms with E-state index in [1.807, 2.05) is 85.8 Å². The molecule has 0 saturated carbocycles. The molecule has 0 saturated heterocycles. The molecule has 0 aliphatic heterocycles. The van der Waals surface area contributed by atoms with Crippen molar-refractivity contribution in [1.29, 1.82) is 0 Å². The van der Waals surface area contributed by atoms with Crippen LogP contribution in [0.25, 0.3) is 0 Å². The molecule has 0 aliphatic rings. The van der Waals surface area contributed by atoms with Crippen LogP contribution in [0.5, 0.6) is 0 Å². The second kappa shape index (κ2) is 8.41. The molecule has 27 heavy (non-hydrogen) atoms. The molecule has 0 amide bonds. The Balaban J connectivity index is 1.98. The first-order valence-corrected chi connectivity index (χ1v) is 9.02. The van der Waals surface area contributed by atoms with E-state index in [1.54, 1.807) is 12.1 Å². The number of allylic oxidation sites excluding steroid dienone is 1. The van der Waals surface area contributed by atoms with Gasteiger partial charge in [-0.15, -0.1) is 0 Å². The zero-order valence-corrected chi connectivity index (χ0v) is 15.3. The molecular formula is C25H22O2. The summed E-state index contributed by atoms with van der Waals surface area (Å²) in [6.45, 7) is 5.97. The highest BCUT2D eigenvalue weighted by Crippen LogP contribution is 2.35. The summed E-state index contributed by atoms with van der Waals surface area (Å²) in [7, 11) is 0. The first-order valence-electron chi connectivity index (χ1n) is 9.02. The van der Waals surface area contributed by atoms with E-state index in [-0.39, 0.29) is 17.5 Å². The fourth-order valence-electron chi connectivity index (χ4n) is 3.38. The number of hydrogen-bond donors (Lipinski definition) is 0. The highest BCUT2D eigenvalue weighted by molar-refractivity contribution is 6.10. The molecule has 0 unspecified atom stereocenters. The maximum absolute atomic E-state index is 13.1. The number of Topliss-reactive ketones (excluding diaryl/α,β-unsaturated/α-hetero) is 2. The van der Waals surface area contributed by atoms with E-state index in [4.69, 9.17) is 0 Å². The molecule has 0 aliphatic carbocycles. The van der Waals surface area contributed by atoms with E-state index in [1.165, 1.54) is 0 Å². The molecule has 0 heterocycles. The molecule has 0 spiro atoms. The average molecular weight is 354 g/mol. The van der Waals surface area contributed by atoms with Gasteiger partial charge in [-0.3, -0.25) is 9.59 Å². The van der Waals surface area contributed by atoms with Gasteiger partial charge in [0.05, 0.1) is 0 Å². The fraction of sp³-hybridized carbons (Fsp3) is 0.120. The van der Waals surface area contributed by atoms with Crippen LogP contribution < -0.4 is 0 Å². The maximum Gasteiger partial charge on any atom is 0.189 e. The van der Waals surface area contributed by atoms with Crippen molar-refractivity contribution < 1.29 is 9.59 Å². The van der Waals surface area contributed by atoms with E-state index < -0.39 is 5.92 Å². The van der Waals surface area contributed by atoms with Crippen LogP contribution in [0, 0.1) is 5.92 Å². The SMILES string of the molecule is C=C(C(=O)c1ccccc1)[C@@H](c1ccccc1)[C@@H](C)C(=O)c1ccccc1. The van der Waals surface area contributed by atoms with Crippen LogP contribution in [0.3, 0.4) is 0 Å². The Morgan fingerprint density at radius 3 is 1.67 bits per heavy atom. The van der Waals surface area contributed by atoms with Crippen molar-refractivity contribution in [2.45, 2.75) is 12.8 Å². The predicted molar refractivity (Wildman–Crippen MR) is 109 cm³/mol. The summed E-state index contributed by atoms with van der Waals surface area (Å²) in [6, 6.07) is 27.9. The summed E-state index contributed by atoms with van der Waals surface area (Å²) < 4.78 is 0. The number of carbonyl (C=O) groups excluding carboxylic acids is 2.